The van der Waals surface area contributed by atoms with Crippen LogP contribution in [0.4, 0.5) is 0 Å². The Morgan fingerprint density at radius 2 is 1.71 bits per heavy atom. The first-order chi connectivity index (χ1) is 15.2. The molecule has 2 atom stereocenters. The average Bonchev–Trinajstić information content (AvgIpc) is 2.83. The Balaban J connectivity index is 1.58. The van der Waals surface area contributed by atoms with Crippen LogP contribution in [0, 0.1) is 0 Å². The monoisotopic (exact) mass is 433 g/mol. The highest BCUT2D eigenvalue weighted by Gasteiger charge is 2.31. The van der Waals surface area contributed by atoms with Gasteiger partial charge in [-0.15, -0.1) is 11.8 Å². The summed E-state index contributed by atoms with van der Waals surface area (Å²) in [4.78, 5) is 15.7. The molecule has 3 aromatic rings. The van der Waals surface area contributed by atoms with Crippen molar-refractivity contribution < 1.29 is 14.3 Å². The van der Waals surface area contributed by atoms with Crippen LogP contribution in [0.2, 0.25) is 0 Å². The maximum absolute atomic E-state index is 12.3. The van der Waals surface area contributed by atoms with E-state index >= 15 is 0 Å². The first-order valence-electron chi connectivity index (χ1n) is 10.5. The van der Waals surface area contributed by atoms with Crippen molar-refractivity contribution in [3.8, 4) is 0 Å². The van der Waals surface area contributed by atoms with Crippen molar-refractivity contribution in [1.29, 1.82) is 0 Å². The number of hydrogen-bond donors (Lipinski definition) is 0. The first-order valence-corrected chi connectivity index (χ1v) is 11.4. The van der Waals surface area contributed by atoms with E-state index in [0.29, 0.717) is 12.2 Å². The highest BCUT2D eigenvalue weighted by atomic mass is 32.2. The van der Waals surface area contributed by atoms with Gasteiger partial charge in [-0.3, -0.25) is 4.90 Å². The van der Waals surface area contributed by atoms with Crippen LogP contribution in [0.5, 0.6) is 0 Å². The summed E-state index contributed by atoms with van der Waals surface area (Å²) in [5, 5.41) is 0.0607. The third-order valence-corrected chi connectivity index (χ3v) is 6.88. The minimum Gasteiger partial charge on any atom is -0.465 e. The number of benzene rings is 3. The number of hydrogen-bond acceptors (Lipinski definition) is 5. The summed E-state index contributed by atoms with van der Waals surface area (Å²) in [5.41, 5.74) is 3.09. The molecule has 1 fully saturated rings. The number of methoxy groups -OCH3 is 1. The molecule has 1 aliphatic rings. The van der Waals surface area contributed by atoms with Crippen LogP contribution in [-0.2, 0) is 16.0 Å². The quantitative estimate of drug-likeness (QED) is 0.378. The van der Waals surface area contributed by atoms with Gasteiger partial charge < -0.3 is 9.47 Å². The summed E-state index contributed by atoms with van der Waals surface area (Å²) >= 11 is 1.67. The molecule has 1 saturated heterocycles. The minimum atomic E-state index is -0.315. The molecule has 0 saturated carbocycles. The molecule has 4 nitrogen and oxygen atoms in total. The van der Waals surface area contributed by atoms with Crippen molar-refractivity contribution >= 4 is 17.7 Å². The Morgan fingerprint density at radius 3 is 2.45 bits per heavy atom. The highest BCUT2D eigenvalue weighted by molar-refractivity contribution is 7.99. The van der Waals surface area contributed by atoms with E-state index in [2.05, 4.69) is 53.4 Å². The lowest BCUT2D eigenvalue weighted by molar-refractivity contribution is -0.0319. The fraction of sp³-hybridized carbons (Fsp3) is 0.269. The zero-order valence-electron chi connectivity index (χ0n) is 17.6. The second-order valence-corrected chi connectivity index (χ2v) is 8.75. The van der Waals surface area contributed by atoms with Gasteiger partial charge in [0.05, 0.1) is 30.6 Å². The topological polar surface area (TPSA) is 38.8 Å². The summed E-state index contributed by atoms with van der Waals surface area (Å²) < 4.78 is 11.3. The molecule has 0 aliphatic carbocycles. The maximum atomic E-state index is 12.3. The average molecular weight is 434 g/mol. The standard InChI is InChI=1S/C26H27NO3S/c1-29-26(28)22-14-8-9-15-24(22)31-25(21-12-6-3-7-13-21)23-19-27(16-17-30-23)18-20-10-4-2-5-11-20/h2-15,23,25H,16-19H2,1H3/t23-,25+/m0/s1. The van der Waals surface area contributed by atoms with Gasteiger partial charge in [-0.2, -0.15) is 0 Å². The van der Waals surface area contributed by atoms with Crippen molar-refractivity contribution in [1.82, 2.24) is 4.90 Å². The van der Waals surface area contributed by atoms with Crippen molar-refractivity contribution in [2.75, 3.05) is 26.8 Å². The van der Waals surface area contributed by atoms with Gasteiger partial charge in [0.15, 0.2) is 0 Å². The van der Waals surface area contributed by atoms with Crippen molar-refractivity contribution in [3.63, 3.8) is 0 Å². The fourth-order valence-electron chi connectivity index (χ4n) is 3.89. The fourth-order valence-corrected chi connectivity index (χ4v) is 5.20. The molecule has 0 bridgehead atoms. The van der Waals surface area contributed by atoms with E-state index in [4.69, 9.17) is 9.47 Å². The number of nitrogens with zero attached hydrogens (tertiary/aromatic N) is 1. The van der Waals surface area contributed by atoms with Gasteiger partial charge in [-0.05, 0) is 23.3 Å². The Hall–Kier alpha value is -2.60. The summed E-state index contributed by atoms with van der Waals surface area (Å²) in [7, 11) is 1.42. The largest absolute Gasteiger partial charge is 0.465 e. The lowest BCUT2D eigenvalue weighted by Crippen LogP contribution is -2.44. The van der Waals surface area contributed by atoms with Gasteiger partial charge in [-0.25, -0.2) is 4.79 Å². The van der Waals surface area contributed by atoms with Crippen LogP contribution in [0.25, 0.3) is 0 Å². The minimum absolute atomic E-state index is 0.00978. The van der Waals surface area contributed by atoms with Gasteiger partial charge in [0.25, 0.3) is 0 Å². The molecule has 0 unspecified atom stereocenters. The molecule has 160 valence electrons. The van der Waals surface area contributed by atoms with Gasteiger partial charge in [0.2, 0.25) is 0 Å². The van der Waals surface area contributed by atoms with E-state index in [9.17, 15) is 4.79 Å². The zero-order valence-corrected chi connectivity index (χ0v) is 18.5. The zero-order chi connectivity index (χ0) is 21.5. The molecule has 31 heavy (non-hydrogen) atoms. The van der Waals surface area contributed by atoms with Crippen molar-refractivity contribution in [3.05, 3.63) is 102 Å². The molecule has 0 aromatic heterocycles. The van der Waals surface area contributed by atoms with Gasteiger partial charge in [-0.1, -0.05) is 72.8 Å². The first kappa shape index (κ1) is 21.6. The predicted octanol–water partition coefficient (Wildman–Crippen LogP) is 5.21. The second-order valence-electron chi connectivity index (χ2n) is 7.57. The third kappa shape index (κ3) is 5.56. The van der Waals surface area contributed by atoms with Crippen LogP contribution in [-0.4, -0.2) is 43.8 Å². The molecule has 0 spiro atoms. The summed E-state index contributed by atoms with van der Waals surface area (Å²) in [5.74, 6) is -0.315. The SMILES string of the molecule is COC(=O)c1ccccc1S[C@H](c1ccccc1)[C@@H]1CN(Cc2ccccc2)CCO1. The van der Waals surface area contributed by atoms with E-state index in [-0.39, 0.29) is 17.3 Å². The summed E-state index contributed by atoms with van der Waals surface area (Å²) in [6, 6.07) is 28.6. The van der Waals surface area contributed by atoms with Crippen LogP contribution in [0.15, 0.2) is 89.8 Å². The number of carbonyl (C=O) groups is 1. The van der Waals surface area contributed by atoms with Crippen molar-refractivity contribution in [2.45, 2.75) is 22.8 Å². The van der Waals surface area contributed by atoms with Crippen LogP contribution < -0.4 is 0 Å². The predicted molar refractivity (Wildman–Crippen MR) is 124 cm³/mol. The van der Waals surface area contributed by atoms with E-state index in [1.165, 1.54) is 18.2 Å². The molecule has 1 aliphatic heterocycles. The van der Waals surface area contributed by atoms with E-state index in [1.54, 1.807) is 11.8 Å². The number of rotatable bonds is 7. The normalized spacial score (nSPS) is 17.8. The van der Waals surface area contributed by atoms with E-state index < -0.39 is 0 Å². The van der Waals surface area contributed by atoms with Crippen LogP contribution >= 0.6 is 11.8 Å². The maximum Gasteiger partial charge on any atom is 0.338 e. The Labute approximate surface area is 188 Å². The summed E-state index contributed by atoms with van der Waals surface area (Å²) in [6.45, 7) is 3.35. The van der Waals surface area contributed by atoms with Crippen LogP contribution in [0.3, 0.4) is 0 Å². The lowest BCUT2D eigenvalue weighted by Gasteiger charge is -2.37. The Bertz CT molecular complexity index is 980. The second kappa shape index (κ2) is 10.6. The number of thioether (sulfide) groups is 1. The molecule has 0 amide bonds. The molecule has 1 heterocycles. The van der Waals surface area contributed by atoms with Crippen LogP contribution in [0.1, 0.15) is 26.7 Å². The van der Waals surface area contributed by atoms with Gasteiger partial charge in [0, 0.05) is 24.5 Å². The smallest absolute Gasteiger partial charge is 0.338 e. The molecular weight excluding hydrogens is 406 g/mol. The number of carbonyl (C=O) groups excluding carboxylic acids is 1. The summed E-state index contributed by atoms with van der Waals surface area (Å²) in [6.07, 6.45) is 0.00978. The van der Waals surface area contributed by atoms with Gasteiger partial charge in [0.1, 0.15) is 0 Å². The van der Waals surface area contributed by atoms with E-state index in [1.807, 2.05) is 36.4 Å². The molecule has 4 rings (SSSR count). The molecule has 3 aromatic carbocycles. The number of esters is 1. The third-order valence-electron chi connectivity index (χ3n) is 5.44. The number of ether oxygens (including phenoxy) is 2. The van der Waals surface area contributed by atoms with Gasteiger partial charge >= 0.3 is 5.97 Å². The molecule has 0 radical (unpaired) electrons. The highest BCUT2D eigenvalue weighted by Crippen LogP contribution is 2.41. The Kier molecular flexibility index (Phi) is 7.41. The Morgan fingerprint density at radius 1 is 1.03 bits per heavy atom. The lowest BCUT2D eigenvalue weighted by atomic mass is 10.1. The molecular formula is C26H27NO3S. The molecule has 5 heteroatoms. The van der Waals surface area contributed by atoms with Crippen molar-refractivity contribution in [2.24, 2.45) is 0 Å². The molecule has 0 N–H and O–H groups in total. The van der Waals surface area contributed by atoms with E-state index in [0.717, 1.165) is 24.5 Å². The number of morpholine rings is 1.